The molecule has 0 spiro atoms. The van der Waals surface area contributed by atoms with Gasteiger partial charge in [0.15, 0.2) is 5.13 Å². The molecule has 1 aliphatic heterocycles. The molecule has 34 heavy (non-hydrogen) atoms. The third-order valence-electron chi connectivity index (χ3n) is 6.01. The average molecular weight is 482 g/mol. The van der Waals surface area contributed by atoms with Gasteiger partial charge < -0.3 is 15.3 Å². The highest BCUT2D eigenvalue weighted by atomic mass is 32.1. The van der Waals surface area contributed by atoms with Gasteiger partial charge in [-0.3, -0.25) is 10.1 Å². The van der Waals surface area contributed by atoms with Crippen LogP contribution in [0.1, 0.15) is 52.0 Å². The second kappa shape index (κ2) is 10.4. The number of rotatable bonds is 7. The summed E-state index contributed by atoms with van der Waals surface area (Å²) >= 11 is 1.25. The number of aryl methyl sites for hydroxylation is 4. The lowest BCUT2D eigenvalue weighted by molar-refractivity contribution is 0.103. The van der Waals surface area contributed by atoms with Crippen molar-refractivity contribution in [2.45, 2.75) is 47.0 Å². The molecule has 1 amide bonds. The number of hydrogen-bond acceptors (Lipinski definition) is 9. The number of nitrogens with zero attached hydrogens (tertiary/aromatic N) is 5. The first-order valence-electron chi connectivity index (χ1n) is 11.6. The van der Waals surface area contributed by atoms with E-state index in [0.29, 0.717) is 40.1 Å². The van der Waals surface area contributed by atoms with Crippen LogP contribution in [0.5, 0.6) is 0 Å². The summed E-state index contributed by atoms with van der Waals surface area (Å²) in [6.45, 7) is 9.86. The average Bonchev–Trinajstić information content (AvgIpc) is 3.29. The van der Waals surface area contributed by atoms with Crippen LogP contribution in [0.4, 0.5) is 22.7 Å². The Kier molecular flexibility index (Phi) is 7.38. The smallest absolute Gasteiger partial charge is 0.267 e. The van der Waals surface area contributed by atoms with Crippen LogP contribution in [0.2, 0.25) is 0 Å². The number of benzene rings is 1. The van der Waals surface area contributed by atoms with Crippen molar-refractivity contribution in [1.29, 1.82) is 0 Å². The molecule has 4 rings (SSSR count). The first-order chi connectivity index (χ1) is 16.4. The van der Waals surface area contributed by atoms with Crippen LogP contribution in [0.15, 0.2) is 18.3 Å². The highest BCUT2D eigenvalue weighted by Gasteiger charge is 2.22. The summed E-state index contributed by atoms with van der Waals surface area (Å²) in [5, 5.41) is 16.1. The second-order valence-electron chi connectivity index (χ2n) is 8.72. The lowest BCUT2D eigenvalue weighted by Gasteiger charge is -2.31. The van der Waals surface area contributed by atoms with Crippen LogP contribution in [0.25, 0.3) is 0 Å². The zero-order valence-electron chi connectivity index (χ0n) is 20.1. The fraction of sp³-hybridized carbons (Fsp3) is 0.458. The number of aliphatic hydroxyl groups excluding tert-OH is 1. The Hall–Kier alpha value is -3.11. The number of hydrogen-bond donors (Lipinski definition) is 3. The van der Waals surface area contributed by atoms with Crippen LogP contribution < -0.4 is 15.5 Å². The van der Waals surface area contributed by atoms with E-state index < -0.39 is 0 Å². The Balaban J connectivity index is 1.48. The summed E-state index contributed by atoms with van der Waals surface area (Å²) in [4.78, 5) is 33.5. The number of nitrogens with one attached hydrogen (secondary N) is 2. The highest BCUT2D eigenvalue weighted by Crippen LogP contribution is 2.27. The maximum absolute atomic E-state index is 12.8. The maximum Gasteiger partial charge on any atom is 0.267 e. The molecule has 0 saturated carbocycles. The molecule has 0 unspecified atom stereocenters. The summed E-state index contributed by atoms with van der Waals surface area (Å²) in [6, 6.07) is 4.11. The van der Waals surface area contributed by atoms with Gasteiger partial charge in [-0.25, -0.2) is 4.98 Å². The largest absolute Gasteiger partial charge is 0.396 e. The first-order valence-corrected chi connectivity index (χ1v) is 12.4. The summed E-state index contributed by atoms with van der Waals surface area (Å²) in [5.74, 6) is 1.88. The molecule has 1 aliphatic rings. The Morgan fingerprint density at radius 1 is 1.15 bits per heavy atom. The topological polar surface area (TPSA) is 116 Å². The summed E-state index contributed by atoms with van der Waals surface area (Å²) in [6.07, 6.45) is 4.07. The fourth-order valence-electron chi connectivity index (χ4n) is 4.16. The first kappa shape index (κ1) is 24.0. The number of carbonyl (C=O) groups excluding carboxylic acids is 1. The fourth-order valence-corrected chi connectivity index (χ4v) is 4.87. The monoisotopic (exact) mass is 481 g/mol. The molecule has 1 fully saturated rings. The van der Waals surface area contributed by atoms with Crippen molar-refractivity contribution in [3.63, 3.8) is 0 Å². The minimum atomic E-state index is -0.196. The Morgan fingerprint density at radius 2 is 1.85 bits per heavy atom. The molecule has 0 aliphatic carbocycles. The van der Waals surface area contributed by atoms with E-state index in [1.54, 1.807) is 6.20 Å². The van der Waals surface area contributed by atoms with Crippen molar-refractivity contribution in [2.24, 2.45) is 5.92 Å². The van der Waals surface area contributed by atoms with Gasteiger partial charge in [-0.1, -0.05) is 36.0 Å². The molecule has 1 aromatic carbocycles. The molecule has 2 aromatic heterocycles. The van der Waals surface area contributed by atoms with Crippen LogP contribution in [-0.4, -0.2) is 50.6 Å². The van der Waals surface area contributed by atoms with Gasteiger partial charge in [0, 0.05) is 31.8 Å². The lowest BCUT2D eigenvalue weighted by atomic mass is 9.98. The van der Waals surface area contributed by atoms with Gasteiger partial charge in [0.05, 0.1) is 6.20 Å². The van der Waals surface area contributed by atoms with Crippen LogP contribution >= 0.6 is 11.3 Å². The Bertz CT molecular complexity index is 1150. The predicted molar refractivity (Wildman–Crippen MR) is 135 cm³/mol. The molecule has 0 atom stereocenters. The highest BCUT2D eigenvalue weighted by molar-refractivity contribution is 7.17. The molecule has 10 heteroatoms. The van der Waals surface area contributed by atoms with Crippen LogP contribution in [0, 0.1) is 26.7 Å². The molecule has 0 bridgehead atoms. The SMILES string of the molecule is CCc1nc(Nc2ncc(C(=O)Nc3c(C)cc(C)cc3C)s2)nc(N2CCC(CO)CC2)n1. The van der Waals surface area contributed by atoms with Crippen LogP contribution in [0.3, 0.4) is 0 Å². The van der Waals surface area contributed by atoms with Gasteiger partial charge in [0.25, 0.3) is 5.91 Å². The van der Waals surface area contributed by atoms with Crippen molar-refractivity contribution in [3.8, 4) is 0 Å². The minimum absolute atomic E-state index is 0.196. The minimum Gasteiger partial charge on any atom is -0.396 e. The molecule has 3 aromatic rings. The van der Waals surface area contributed by atoms with Gasteiger partial charge >= 0.3 is 0 Å². The Morgan fingerprint density at radius 3 is 2.50 bits per heavy atom. The van der Waals surface area contributed by atoms with Gasteiger partial charge in [0.1, 0.15) is 10.7 Å². The molecule has 0 radical (unpaired) electrons. The number of piperidine rings is 1. The second-order valence-corrected chi connectivity index (χ2v) is 9.75. The summed E-state index contributed by atoms with van der Waals surface area (Å²) in [5.41, 5.74) is 4.06. The molecule has 180 valence electrons. The molecule has 3 N–H and O–H groups in total. The third-order valence-corrected chi connectivity index (χ3v) is 6.92. The standard InChI is InChI=1S/C24H31N7O2S/c1-5-19-26-22(29-23(27-19)31-8-6-17(13-32)7-9-31)30-24-25-12-18(34-24)21(33)28-20-15(3)10-14(2)11-16(20)4/h10-12,17,32H,5-9,13H2,1-4H3,(H,28,33)(H,25,26,27,29,30). The quantitative estimate of drug-likeness (QED) is 0.463. The van der Waals surface area contributed by atoms with Crippen molar-refractivity contribution in [3.05, 3.63) is 45.7 Å². The third kappa shape index (κ3) is 5.51. The zero-order valence-corrected chi connectivity index (χ0v) is 20.9. The summed E-state index contributed by atoms with van der Waals surface area (Å²) in [7, 11) is 0. The van der Waals surface area contributed by atoms with Gasteiger partial charge in [-0.05, 0) is 50.7 Å². The van der Waals surface area contributed by atoms with Gasteiger partial charge in [-0.2, -0.15) is 15.0 Å². The number of aromatic nitrogens is 4. The molecule has 1 saturated heterocycles. The number of anilines is 4. The van der Waals surface area contributed by atoms with Gasteiger partial charge in [0.2, 0.25) is 11.9 Å². The van der Waals surface area contributed by atoms with E-state index >= 15 is 0 Å². The zero-order chi connectivity index (χ0) is 24.2. The normalized spacial score (nSPS) is 14.3. The molecule has 9 nitrogen and oxygen atoms in total. The Labute approximate surface area is 203 Å². The van der Waals surface area contributed by atoms with E-state index in [1.165, 1.54) is 16.9 Å². The lowest BCUT2D eigenvalue weighted by Crippen LogP contribution is -2.36. The van der Waals surface area contributed by atoms with E-state index in [-0.39, 0.29) is 12.5 Å². The van der Waals surface area contributed by atoms with E-state index in [4.69, 9.17) is 0 Å². The number of carbonyl (C=O) groups is 1. The predicted octanol–water partition coefficient (Wildman–Crippen LogP) is 4.02. The molecular weight excluding hydrogens is 450 g/mol. The molecule has 3 heterocycles. The number of thiazole rings is 1. The van der Waals surface area contributed by atoms with E-state index in [9.17, 15) is 9.90 Å². The van der Waals surface area contributed by atoms with Crippen molar-refractivity contribution >= 4 is 40.0 Å². The van der Waals surface area contributed by atoms with E-state index in [0.717, 1.165) is 42.7 Å². The summed E-state index contributed by atoms with van der Waals surface area (Å²) < 4.78 is 0. The number of amides is 1. The number of aliphatic hydroxyl groups is 1. The van der Waals surface area contributed by atoms with E-state index in [1.807, 2.05) is 27.7 Å². The van der Waals surface area contributed by atoms with Crippen molar-refractivity contribution in [2.75, 3.05) is 35.2 Å². The van der Waals surface area contributed by atoms with Crippen molar-refractivity contribution in [1.82, 2.24) is 19.9 Å². The maximum atomic E-state index is 12.8. The van der Waals surface area contributed by atoms with E-state index in [2.05, 4.69) is 47.6 Å². The van der Waals surface area contributed by atoms with Crippen LogP contribution in [-0.2, 0) is 6.42 Å². The van der Waals surface area contributed by atoms with Crippen molar-refractivity contribution < 1.29 is 9.90 Å². The van der Waals surface area contributed by atoms with Gasteiger partial charge in [-0.15, -0.1) is 0 Å². The molecular formula is C24H31N7O2S.